The number of pyridine rings is 1. The number of thiazole rings is 1. The van der Waals surface area contributed by atoms with Crippen molar-refractivity contribution in [3.8, 4) is 16.2 Å². The van der Waals surface area contributed by atoms with E-state index in [2.05, 4.69) is 55.7 Å². The molecule has 6 nitrogen and oxygen atoms in total. The van der Waals surface area contributed by atoms with Gasteiger partial charge in [0.2, 0.25) is 0 Å². The lowest BCUT2D eigenvalue weighted by atomic mass is 9.95. The summed E-state index contributed by atoms with van der Waals surface area (Å²) in [6.45, 7) is 5.55. The molecule has 1 amide bonds. The molecule has 2 aromatic carbocycles. The summed E-state index contributed by atoms with van der Waals surface area (Å²) in [5.74, 6) is 0.626. The highest BCUT2D eigenvalue weighted by atomic mass is 32.1. The Kier molecular flexibility index (Phi) is 5.93. The summed E-state index contributed by atoms with van der Waals surface area (Å²) in [6.07, 6.45) is 6.55. The Labute approximate surface area is 224 Å². The number of amides is 1. The summed E-state index contributed by atoms with van der Waals surface area (Å²) in [6, 6.07) is 14.1. The fourth-order valence-corrected chi connectivity index (χ4v) is 6.07. The van der Waals surface area contributed by atoms with Gasteiger partial charge in [0, 0.05) is 28.5 Å². The van der Waals surface area contributed by atoms with Crippen LogP contribution in [0, 0.1) is 13.8 Å². The van der Waals surface area contributed by atoms with Crippen LogP contribution < -0.4 is 10.1 Å². The van der Waals surface area contributed by atoms with Crippen molar-refractivity contribution < 1.29 is 9.53 Å². The topological polar surface area (TPSA) is 67.3 Å². The van der Waals surface area contributed by atoms with Crippen LogP contribution in [0.4, 0.5) is 0 Å². The van der Waals surface area contributed by atoms with E-state index in [1.807, 2.05) is 50.5 Å². The molecule has 187 valence electrons. The summed E-state index contributed by atoms with van der Waals surface area (Å²) >= 11 is 1.67. The van der Waals surface area contributed by atoms with Crippen molar-refractivity contribution in [3.63, 3.8) is 0 Å². The van der Waals surface area contributed by atoms with Gasteiger partial charge in [-0.1, -0.05) is 12.1 Å². The number of carbonyl (C=O) groups excluding carboxylic acids is 1. The number of nitrogens with zero attached hydrogens (tertiary/aromatic N) is 3. The Hall–Kier alpha value is -3.07. The van der Waals surface area contributed by atoms with Gasteiger partial charge in [0.1, 0.15) is 12.4 Å². The molecule has 1 saturated heterocycles. The number of fused-ring (bicyclic) bond motifs is 1. The summed E-state index contributed by atoms with van der Waals surface area (Å²) in [4.78, 5) is 26.1. The van der Waals surface area contributed by atoms with E-state index in [4.69, 9.17) is 4.74 Å². The van der Waals surface area contributed by atoms with Crippen LogP contribution in [0.15, 0.2) is 54.9 Å². The Morgan fingerprint density at radius 2 is 2.00 bits per heavy atom. The molecule has 0 unspecified atom stereocenters. The van der Waals surface area contributed by atoms with Crippen LogP contribution in [0.1, 0.15) is 45.8 Å². The number of hydrogen-bond acceptors (Lipinski definition) is 6. The van der Waals surface area contributed by atoms with Crippen molar-refractivity contribution in [2.45, 2.75) is 43.8 Å². The first-order chi connectivity index (χ1) is 17.8. The third-order valence-electron chi connectivity index (χ3n) is 7.77. The van der Waals surface area contributed by atoms with Crippen LogP contribution in [-0.4, -0.2) is 56.4 Å². The minimum absolute atomic E-state index is 0.0784. The van der Waals surface area contributed by atoms with Crippen molar-refractivity contribution in [1.29, 1.82) is 0 Å². The number of hydrogen-bond donors (Lipinski definition) is 1. The van der Waals surface area contributed by atoms with E-state index in [0.29, 0.717) is 17.9 Å². The fourth-order valence-electron chi connectivity index (χ4n) is 5.01. The van der Waals surface area contributed by atoms with Gasteiger partial charge in [0.25, 0.3) is 5.91 Å². The third-order valence-corrected chi connectivity index (χ3v) is 9.51. The largest absolute Gasteiger partial charge is 0.492 e. The number of benzene rings is 2. The van der Waals surface area contributed by atoms with Gasteiger partial charge in [-0.2, -0.15) is 0 Å². The molecule has 37 heavy (non-hydrogen) atoms. The number of rotatable bonds is 7. The van der Waals surface area contributed by atoms with Crippen molar-refractivity contribution in [1.82, 2.24) is 20.2 Å². The summed E-state index contributed by atoms with van der Waals surface area (Å²) in [5.41, 5.74) is 4.29. The molecule has 3 radical (unpaired) electrons. The number of ether oxygens (including phenoxy) is 1. The molecular weight excluding hydrogens is 496 g/mol. The molecule has 3 heterocycles. The Morgan fingerprint density at radius 3 is 2.68 bits per heavy atom. The maximum atomic E-state index is 13.7. The van der Waals surface area contributed by atoms with Crippen LogP contribution in [0.5, 0.6) is 5.75 Å². The van der Waals surface area contributed by atoms with E-state index < -0.39 is 5.54 Å². The van der Waals surface area contributed by atoms with Crippen LogP contribution in [-0.2, 0) is 5.54 Å². The molecule has 8 heteroatoms. The molecule has 2 fully saturated rings. The lowest BCUT2D eigenvalue weighted by molar-refractivity contribution is 0.0408. The number of carbonyl (C=O) groups is 1. The molecule has 1 atom stereocenters. The van der Waals surface area contributed by atoms with Crippen molar-refractivity contribution in [2.24, 2.45) is 0 Å². The maximum Gasteiger partial charge on any atom is 0.252 e. The molecule has 1 N–H and O–H groups in total. The van der Waals surface area contributed by atoms with Gasteiger partial charge in [-0.3, -0.25) is 9.78 Å². The monoisotopic (exact) mass is 525 g/mol. The predicted molar refractivity (Wildman–Crippen MR) is 148 cm³/mol. The highest BCUT2D eigenvalue weighted by Gasteiger charge is 2.47. The minimum Gasteiger partial charge on any atom is -0.492 e. The normalized spacial score (nSPS) is 20.4. The number of nitrogens with one attached hydrogen (secondary N) is 1. The van der Waals surface area contributed by atoms with Crippen LogP contribution >= 0.6 is 11.3 Å². The van der Waals surface area contributed by atoms with E-state index in [1.54, 1.807) is 11.3 Å². The van der Waals surface area contributed by atoms with E-state index in [-0.39, 0.29) is 11.1 Å². The predicted octanol–water partition coefficient (Wildman–Crippen LogP) is 4.97. The zero-order valence-electron chi connectivity index (χ0n) is 21.3. The summed E-state index contributed by atoms with van der Waals surface area (Å²) in [5, 5.41) is 5.36. The first-order valence-electron chi connectivity index (χ1n) is 12.6. The minimum atomic E-state index is -0.411. The van der Waals surface area contributed by atoms with Gasteiger partial charge in [-0.15, -0.1) is 11.3 Å². The first-order valence-corrected chi connectivity index (χ1v) is 13.9. The van der Waals surface area contributed by atoms with Gasteiger partial charge >= 0.3 is 0 Å². The second-order valence-corrected chi connectivity index (χ2v) is 12.5. The molecule has 6 rings (SSSR count). The van der Waals surface area contributed by atoms with Gasteiger partial charge in [0.05, 0.1) is 31.2 Å². The summed E-state index contributed by atoms with van der Waals surface area (Å²) in [7, 11) is 5.92. The average Bonchev–Trinajstić information content (AvgIpc) is 3.55. The zero-order valence-corrected chi connectivity index (χ0v) is 23.1. The van der Waals surface area contributed by atoms with Gasteiger partial charge in [0.15, 0.2) is 0 Å². The fraction of sp³-hybridized carbons (Fsp3) is 0.345. The number of likely N-dealkylation sites (N-methyl/N-ethyl adjacent to an activating group) is 1. The standard InChI is InChI=1S/C29H29N4O2SSi/c1-18-6-7-21(35-17-29(37)10-12-33(29)3)15-23(18)27(34)32-28(8-9-28)24-13-20(26-16-31-19(2)36-26)14-25-22(24)5-4-11-30-25/h4-7,11,13-16H,8-10,12,17H2,1-3H3,(H,32,34)/t29-/m0/s1. The van der Waals surface area contributed by atoms with Gasteiger partial charge in [-0.25, -0.2) is 4.98 Å². The lowest BCUT2D eigenvalue weighted by Gasteiger charge is -2.48. The van der Waals surface area contributed by atoms with Gasteiger partial charge < -0.3 is 15.0 Å². The molecule has 1 saturated carbocycles. The second-order valence-electron chi connectivity index (χ2n) is 10.3. The number of likely N-dealkylation sites (tertiary alicyclic amines) is 1. The van der Waals surface area contributed by atoms with E-state index in [1.165, 1.54) is 0 Å². The Morgan fingerprint density at radius 1 is 1.16 bits per heavy atom. The Bertz CT molecular complexity index is 1520. The van der Waals surface area contributed by atoms with E-state index >= 15 is 0 Å². The lowest BCUT2D eigenvalue weighted by Crippen LogP contribution is -2.61. The van der Waals surface area contributed by atoms with Crippen molar-refractivity contribution >= 4 is 38.4 Å². The molecule has 0 spiro atoms. The third kappa shape index (κ3) is 4.47. The highest BCUT2D eigenvalue weighted by molar-refractivity contribution is 7.15. The van der Waals surface area contributed by atoms with Crippen LogP contribution in [0.3, 0.4) is 0 Å². The average molecular weight is 526 g/mol. The van der Waals surface area contributed by atoms with Crippen molar-refractivity contribution in [2.75, 3.05) is 20.2 Å². The molecule has 2 aliphatic rings. The van der Waals surface area contributed by atoms with Crippen LogP contribution in [0.25, 0.3) is 21.3 Å². The quantitative estimate of drug-likeness (QED) is 0.345. The molecule has 0 bridgehead atoms. The zero-order chi connectivity index (χ0) is 25.8. The summed E-state index contributed by atoms with van der Waals surface area (Å²) < 4.78 is 6.10. The van der Waals surface area contributed by atoms with Crippen LogP contribution in [0.2, 0.25) is 0 Å². The molecule has 1 aliphatic heterocycles. The highest BCUT2D eigenvalue weighted by Crippen LogP contribution is 2.49. The molecule has 4 aromatic rings. The number of aromatic nitrogens is 2. The van der Waals surface area contributed by atoms with E-state index in [0.717, 1.165) is 63.3 Å². The number of aryl methyl sites for hydroxylation is 2. The first kappa shape index (κ1) is 24.3. The van der Waals surface area contributed by atoms with Crippen molar-refractivity contribution in [3.05, 3.63) is 76.6 Å². The molecule has 1 aliphatic carbocycles. The second kappa shape index (κ2) is 9.04. The maximum absolute atomic E-state index is 13.7. The smallest absolute Gasteiger partial charge is 0.252 e. The SMILES string of the molecule is Cc1ncc(-c2cc(C3(NC(=O)c4cc(OC[C@@]5([Si])CCN5C)ccc4C)CC3)c3cccnc3c2)s1. The molecular formula is C29H29N4O2SSi. The molecule has 2 aromatic heterocycles. The van der Waals surface area contributed by atoms with E-state index in [9.17, 15) is 4.79 Å². The Balaban J connectivity index is 1.29. The van der Waals surface area contributed by atoms with Gasteiger partial charge in [-0.05, 0) is 93.7 Å².